The molecule has 4 rings (SSSR count). The molecule has 0 atom stereocenters. The van der Waals surface area contributed by atoms with E-state index in [0.717, 1.165) is 44.1 Å². The van der Waals surface area contributed by atoms with Crippen molar-refractivity contribution in [2.45, 2.75) is 71.3 Å². The van der Waals surface area contributed by atoms with Crippen LogP contribution in [0, 0.1) is 23.6 Å². The number of phenols is 1. The third-order valence-corrected chi connectivity index (χ3v) is 7.57. The lowest BCUT2D eigenvalue weighted by Gasteiger charge is -2.24. The van der Waals surface area contributed by atoms with Gasteiger partial charge < -0.3 is 15.1 Å². The number of carbonyl (C=O) groups is 2. The third-order valence-electron chi connectivity index (χ3n) is 7.57. The minimum absolute atomic E-state index is 0.0634. The zero-order valence-corrected chi connectivity index (χ0v) is 23.0. The topological polar surface area (TPSA) is 77.8 Å². The smallest absolute Gasteiger partial charge is 0.339 e. The Morgan fingerprint density at radius 2 is 1.68 bits per heavy atom. The number of aromatic hydroxyl groups is 1. The van der Waals surface area contributed by atoms with Crippen LogP contribution < -0.4 is 4.90 Å². The number of unbranched alkanes of at least 4 members (excludes halogenated alkanes) is 1. The molecule has 6 heteroatoms. The van der Waals surface area contributed by atoms with E-state index in [1.54, 1.807) is 12.1 Å². The number of benzene rings is 3. The van der Waals surface area contributed by atoms with Gasteiger partial charge in [-0.3, -0.25) is 4.79 Å². The lowest BCUT2D eigenvalue weighted by Crippen LogP contribution is -2.31. The predicted octanol–water partition coefficient (Wildman–Crippen LogP) is 7.48. The van der Waals surface area contributed by atoms with Gasteiger partial charge in [0.15, 0.2) is 0 Å². The molecule has 0 spiro atoms. The average molecular weight is 542 g/mol. The molecule has 208 valence electrons. The molecule has 40 heavy (non-hydrogen) atoms. The average Bonchev–Trinajstić information content (AvgIpc) is 3.48. The maximum atomic E-state index is 15.2. The SMILES string of the molecule is CCCCc1ccc(C#Cc2ccc(CN(C(=O)CCC3CCCC3)c3ccc(O)c(C(=O)O)c3)c(F)c2)cc1. The summed E-state index contributed by atoms with van der Waals surface area (Å²) in [5.41, 5.74) is 2.94. The molecule has 0 aromatic heterocycles. The monoisotopic (exact) mass is 541 g/mol. The van der Waals surface area contributed by atoms with E-state index in [2.05, 4.69) is 30.9 Å². The molecule has 1 fully saturated rings. The highest BCUT2D eigenvalue weighted by Gasteiger charge is 2.23. The molecule has 0 aliphatic heterocycles. The number of carbonyl (C=O) groups excluding carboxylic acids is 1. The second kappa shape index (κ2) is 13.8. The Morgan fingerprint density at radius 3 is 2.35 bits per heavy atom. The summed E-state index contributed by atoms with van der Waals surface area (Å²) < 4.78 is 15.2. The molecule has 2 N–H and O–H groups in total. The van der Waals surface area contributed by atoms with Gasteiger partial charge in [0.05, 0.1) is 6.54 Å². The van der Waals surface area contributed by atoms with Gasteiger partial charge in [-0.25, -0.2) is 9.18 Å². The molecule has 0 radical (unpaired) electrons. The molecule has 3 aromatic carbocycles. The van der Waals surface area contributed by atoms with Crippen LogP contribution in [0.25, 0.3) is 0 Å². The van der Waals surface area contributed by atoms with Crippen LogP contribution in [0.5, 0.6) is 5.75 Å². The number of carboxylic acid groups (broad SMARTS) is 1. The van der Waals surface area contributed by atoms with Gasteiger partial charge in [0.2, 0.25) is 5.91 Å². The Bertz CT molecular complexity index is 1400. The Labute approximate surface area is 235 Å². The van der Waals surface area contributed by atoms with E-state index >= 15 is 4.39 Å². The number of aryl methyl sites for hydroxylation is 1. The number of rotatable bonds is 10. The van der Waals surface area contributed by atoms with E-state index in [1.165, 1.54) is 47.6 Å². The van der Waals surface area contributed by atoms with E-state index in [-0.39, 0.29) is 30.2 Å². The molecular formula is C34H36FNO4. The van der Waals surface area contributed by atoms with Crippen molar-refractivity contribution in [3.8, 4) is 17.6 Å². The number of amides is 1. The van der Waals surface area contributed by atoms with Crippen LogP contribution in [0.4, 0.5) is 10.1 Å². The van der Waals surface area contributed by atoms with Crippen LogP contribution in [0.3, 0.4) is 0 Å². The van der Waals surface area contributed by atoms with Crippen molar-refractivity contribution in [2.75, 3.05) is 4.90 Å². The summed E-state index contributed by atoms with van der Waals surface area (Å²) in [4.78, 5) is 26.4. The Morgan fingerprint density at radius 1 is 0.975 bits per heavy atom. The molecule has 1 amide bonds. The number of hydrogen-bond acceptors (Lipinski definition) is 3. The van der Waals surface area contributed by atoms with E-state index in [1.807, 2.05) is 12.1 Å². The van der Waals surface area contributed by atoms with Crippen LogP contribution in [0.2, 0.25) is 0 Å². The Hall–Kier alpha value is -4.11. The van der Waals surface area contributed by atoms with Crippen molar-refractivity contribution in [3.05, 3.63) is 94.3 Å². The summed E-state index contributed by atoms with van der Waals surface area (Å²) in [6.45, 7) is 2.10. The van der Waals surface area contributed by atoms with Crippen molar-refractivity contribution in [1.29, 1.82) is 0 Å². The van der Waals surface area contributed by atoms with E-state index in [4.69, 9.17) is 0 Å². The van der Waals surface area contributed by atoms with Gasteiger partial charge in [0, 0.05) is 28.8 Å². The van der Waals surface area contributed by atoms with Gasteiger partial charge in [-0.05, 0) is 73.2 Å². The number of aromatic carboxylic acids is 1. The summed E-state index contributed by atoms with van der Waals surface area (Å²) in [7, 11) is 0. The summed E-state index contributed by atoms with van der Waals surface area (Å²) >= 11 is 0. The second-order valence-corrected chi connectivity index (χ2v) is 10.5. The van der Waals surface area contributed by atoms with Crippen molar-refractivity contribution in [1.82, 2.24) is 0 Å². The normalized spacial score (nSPS) is 13.1. The number of anilines is 1. The molecule has 0 bridgehead atoms. The minimum Gasteiger partial charge on any atom is -0.507 e. The zero-order chi connectivity index (χ0) is 28.5. The Balaban J connectivity index is 1.53. The fourth-order valence-corrected chi connectivity index (χ4v) is 5.15. The van der Waals surface area contributed by atoms with E-state index in [0.29, 0.717) is 22.7 Å². The van der Waals surface area contributed by atoms with Gasteiger partial charge in [0.25, 0.3) is 0 Å². The maximum absolute atomic E-state index is 15.2. The standard InChI is InChI=1S/C34H36FNO4/c1-2-3-6-25-9-11-26(12-10-25)13-14-27-15-17-28(31(35)21-27)23-36(33(38)20-16-24-7-4-5-8-24)29-18-19-32(37)30(22-29)34(39)40/h9-12,15,17-19,21-22,24,37H,2-8,16,20,23H2,1H3,(H,39,40). The first kappa shape index (κ1) is 28.9. The molecule has 0 heterocycles. The van der Waals surface area contributed by atoms with Crippen molar-refractivity contribution >= 4 is 17.6 Å². The summed E-state index contributed by atoms with van der Waals surface area (Å²) in [6, 6.07) is 16.8. The molecule has 3 aromatic rings. The van der Waals surface area contributed by atoms with Crippen LogP contribution in [-0.2, 0) is 17.8 Å². The lowest BCUT2D eigenvalue weighted by atomic mass is 10.0. The van der Waals surface area contributed by atoms with E-state index in [9.17, 15) is 19.8 Å². The van der Waals surface area contributed by atoms with Crippen molar-refractivity contribution in [3.63, 3.8) is 0 Å². The molecule has 1 aliphatic rings. The van der Waals surface area contributed by atoms with Crippen LogP contribution in [0.15, 0.2) is 60.7 Å². The Kier molecular flexibility index (Phi) is 9.96. The van der Waals surface area contributed by atoms with Crippen LogP contribution in [0.1, 0.15) is 90.9 Å². The molecule has 5 nitrogen and oxygen atoms in total. The molecular weight excluding hydrogens is 505 g/mol. The molecule has 0 unspecified atom stereocenters. The van der Waals surface area contributed by atoms with Gasteiger partial charge >= 0.3 is 5.97 Å². The van der Waals surface area contributed by atoms with Crippen LogP contribution >= 0.6 is 0 Å². The zero-order valence-electron chi connectivity index (χ0n) is 23.0. The summed E-state index contributed by atoms with van der Waals surface area (Å²) in [6.07, 6.45) is 8.93. The highest BCUT2D eigenvalue weighted by Crippen LogP contribution is 2.31. The number of carboxylic acids is 1. The van der Waals surface area contributed by atoms with Crippen LogP contribution in [-0.4, -0.2) is 22.1 Å². The van der Waals surface area contributed by atoms with Gasteiger partial charge in [-0.15, -0.1) is 0 Å². The first-order valence-electron chi connectivity index (χ1n) is 14.1. The second-order valence-electron chi connectivity index (χ2n) is 10.5. The third kappa shape index (κ3) is 7.72. The fraction of sp³-hybridized carbons (Fsp3) is 0.353. The number of halogens is 1. The van der Waals surface area contributed by atoms with Gasteiger partial charge in [-0.2, -0.15) is 0 Å². The fourth-order valence-electron chi connectivity index (χ4n) is 5.15. The quantitative estimate of drug-likeness (QED) is 0.261. The largest absolute Gasteiger partial charge is 0.507 e. The van der Waals surface area contributed by atoms with E-state index < -0.39 is 11.8 Å². The molecule has 1 saturated carbocycles. The predicted molar refractivity (Wildman–Crippen MR) is 155 cm³/mol. The molecule has 0 saturated heterocycles. The number of hydrogen-bond donors (Lipinski definition) is 2. The lowest BCUT2D eigenvalue weighted by molar-refractivity contribution is -0.119. The molecule has 1 aliphatic carbocycles. The first-order chi connectivity index (χ1) is 19.3. The highest BCUT2D eigenvalue weighted by molar-refractivity contribution is 5.97. The summed E-state index contributed by atoms with van der Waals surface area (Å²) in [5.74, 6) is 4.20. The van der Waals surface area contributed by atoms with Gasteiger partial charge in [-0.1, -0.05) is 69.1 Å². The minimum atomic E-state index is -1.30. The maximum Gasteiger partial charge on any atom is 0.339 e. The van der Waals surface area contributed by atoms with Crippen molar-refractivity contribution in [2.24, 2.45) is 5.92 Å². The van der Waals surface area contributed by atoms with Gasteiger partial charge in [0.1, 0.15) is 17.1 Å². The highest BCUT2D eigenvalue weighted by atomic mass is 19.1. The van der Waals surface area contributed by atoms with Crippen molar-refractivity contribution < 1.29 is 24.2 Å². The number of nitrogens with zero attached hydrogens (tertiary/aromatic N) is 1. The first-order valence-corrected chi connectivity index (χ1v) is 14.1. The summed E-state index contributed by atoms with van der Waals surface area (Å²) in [5, 5.41) is 19.4.